The molecule has 0 radical (unpaired) electrons. The van der Waals surface area contributed by atoms with Crippen LogP contribution in [0.5, 0.6) is 0 Å². The fourth-order valence-electron chi connectivity index (χ4n) is 1.82. The zero-order valence-electron chi connectivity index (χ0n) is 9.57. The van der Waals surface area contributed by atoms with E-state index in [-0.39, 0.29) is 11.9 Å². The normalized spacial score (nSPS) is 20.5. The third-order valence-electron chi connectivity index (χ3n) is 2.74. The quantitative estimate of drug-likeness (QED) is 0.867. The van der Waals surface area contributed by atoms with Crippen LogP contribution in [0.25, 0.3) is 0 Å². The Balaban J connectivity index is 2.22. The predicted octanol–water partition coefficient (Wildman–Crippen LogP) is 2.34. The van der Waals surface area contributed by atoms with Gasteiger partial charge in [0.1, 0.15) is 0 Å². The van der Waals surface area contributed by atoms with E-state index < -0.39 is 6.04 Å². The topological polar surface area (TPSA) is 55.1 Å². The van der Waals surface area contributed by atoms with E-state index in [9.17, 15) is 4.79 Å². The van der Waals surface area contributed by atoms with E-state index in [2.05, 4.69) is 5.32 Å². The summed E-state index contributed by atoms with van der Waals surface area (Å²) in [6, 6.07) is 5.36. The number of hydrogen-bond acceptors (Lipinski definition) is 3. The molecule has 0 bridgehead atoms. The molecule has 1 aromatic carbocycles. The molecule has 1 aromatic rings. The molecule has 92 valence electrons. The number of hydrogen-bond donors (Lipinski definition) is 2. The molecule has 0 saturated heterocycles. The maximum absolute atomic E-state index is 11.6. The molecule has 2 unspecified atom stereocenters. The fraction of sp³-hybridized carbons (Fsp3) is 0.417. The summed E-state index contributed by atoms with van der Waals surface area (Å²) in [5, 5.41) is 3.67. The smallest absolute Gasteiger partial charge is 0.237 e. The lowest BCUT2D eigenvalue weighted by Gasteiger charge is -2.26. The molecule has 1 heterocycles. The SMILES string of the molecule is CC(N)C(=O)NC1CCSc2ccc(Cl)cc21. The van der Waals surface area contributed by atoms with Gasteiger partial charge in [-0.15, -0.1) is 11.8 Å². The first-order valence-corrected chi connectivity index (χ1v) is 6.92. The van der Waals surface area contributed by atoms with Gasteiger partial charge in [-0.05, 0) is 37.1 Å². The number of rotatable bonds is 2. The molecule has 1 aliphatic heterocycles. The van der Waals surface area contributed by atoms with Crippen LogP contribution in [0.3, 0.4) is 0 Å². The minimum atomic E-state index is -0.479. The van der Waals surface area contributed by atoms with Crippen molar-refractivity contribution in [3.63, 3.8) is 0 Å². The molecule has 3 N–H and O–H groups in total. The van der Waals surface area contributed by atoms with Crippen LogP contribution in [-0.2, 0) is 4.79 Å². The van der Waals surface area contributed by atoms with Crippen LogP contribution in [0, 0.1) is 0 Å². The zero-order chi connectivity index (χ0) is 12.4. The van der Waals surface area contributed by atoms with Gasteiger partial charge in [-0.2, -0.15) is 0 Å². The van der Waals surface area contributed by atoms with Crippen molar-refractivity contribution in [2.24, 2.45) is 5.73 Å². The summed E-state index contributed by atoms with van der Waals surface area (Å²) in [6.07, 6.45) is 0.913. The number of nitrogens with two attached hydrogens (primary N) is 1. The van der Waals surface area contributed by atoms with E-state index in [1.54, 1.807) is 18.7 Å². The Hall–Kier alpha value is -0.710. The van der Waals surface area contributed by atoms with Crippen molar-refractivity contribution < 1.29 is 4.79 Å². The summed E-state index contributed by atoms with van der Waals surface area (Å²) >= 11 is 7.79. The maximum atomic E-state index is 11.6. The van der Waals surface area contributed by atoms with Gasteiger partial charge in [0, 0.05) is 15.7 Å². The highest BCUT2D eigenvalue weighted by molar-refractivity contribution is 7.99. The molecule has 5 heteroatoms. The molecule has 2 rings (SSSR count). The molecule has 1 amide bonds. The molecule has 0 aromatic heterocycles. The first-order valence-electron chi connectivity index (χ1n) is 5.56. The van der Waals surface area contributed by atoms with Crippen LogP contribution in [0.4, 0.5) is 0 Å². The summed E-state index contributed by atoms with van der Waals surface area (Å²) in [5.74, 6) is 0.881. The zero-order valence-corrected chi connectivity index (χ0v) is 11.1. The third kappa shape index (κ3) is 2.94. The second kappa shape index (κ2) is 5.29. The van der Waals surface area contributed by atoms with Gasteiger partial charge in [0.2, 0.25) is 5.91 Å². The van der Waals surface area contributed by atoms with Crippen molar-refractivity contribution in [3.8, 4) is 0 Å². The first-order chi connectivity index (χ1) is 8.08. The highest BCUT2D eigenvalue weighted by Gasteiger charge is 2.23. The number of halogens is 1. The Labute approximate surface area is 110 Å². The first kappa shape index (κ1) is 12.7. The van der Waals surface area contributed by atoms with Crippen molar-refractivity contribution >= 4 is 29.3 Å². The van der Waals surface area contributed by atoms with Gasteiger partial charge in [0.25, 0.3) is 0 Å². The second-order valence-electron chi connectivity index (χ2n) is 4.17. The maximum Gasteiger partial charge on any atom is 0.237 e. The van der Waals surface area contributed by atoms with Crippen molar-refractivity contribution in [1.82, 2.24) is 5.32 Å². The number of thioether (sulfide) groups is 1. The molecule has 1 aliphatic rings. The summed E-state index contributed by atoms with van der Waals surface area (Å²) in [4.78, 5) is 12.8. The average Bonchev–Trinajstić information content (AvgIpc) is 2.29. The largest absolute Gasteiger partial charge is 0.348 e. The number of benzene rings is 1. The minimum absolute atomic E-state index is 0.0310. The second-order valence-corrected chi connectivity index (χ2v) is 5.74. The van der Waals surface area contributed by atoms with Crippen LogP contribution in [0.2, 0.25) is 5.02 Å². The van der Waals surface area contributed by atoms with Crippen LogP contribution >= 0.6 is 23.4 Å². The van der Waals surface area contributed by atoms with E-state index in [0.717, 1.165) is 17.7 Å². The predicted molar refractivity (Wildman–Crippen MR) is 71.3 cm³/mol. The van der Waals surface area contributed by atoms with Gasteiger partial charge in [0.15, 0.2) is 0 Å². The Bertz CT molecular complexity index is 437. The van der Waals surface area contributed by atoms with Gasteiger partial charge in [-0.1, -0.05) is 11.6 Å². The summed E-state index contributed by atoms with van der Waals surface area (Å²) in [7, 11) is 0. The van der Waals surface area contributed by atoms with E-state index in [1.165, 1.54) is 4.90 Å². The Morgan fingerprint density at radius 1 is 1.65 bits per heavy atom. The van der Waals surface area contributed by atoms with Crippen LogP contribution in [0.15, 0.2) is 23.1 Å². The third-order valence-corrected chi connectivity index (χ3v) is 4.10. The van der Waals surface area contributed by atoms with Gasteiger partial charge in [-0.3, -0.25) is 4.79 Å². The number of nitrogens with one attached hydrogen (secondary N) is 1. The Kier molecular flexibility index (Phi) is 3.97. The number of carbonyl (C=O) groups excluding carboxylic acids is 1. The lowest BCUT2D eigenvalue weighted by molar-refractivity contribution is -0.122. The molecule has 0 aliphatic carbocycles. The molecule has 17 heavy (non-hydrogen) atoms. The molecular formula is C12H15ClN2OS. The Morgan fingerprint density at radius 3 is 3.12 bits per heavy atom. The van der Waals surface area contributed by atoms with Crippen molar-refractivity contribution in [1.29, 1.82) is 0 Å². The van der Waals surface area contributed by atoms with E-state index in [1.807, 2.05) is 18.2 Å². The standard InChI is InChI=1S/C12H15ClN2OS/c1-7(14)12(16)15-10-4-5-17-11-3-2-8(13)6-9(10)11/h2-3,6-7,10H,4-5,14H2,1H3,(H,15,16). The van der Waals surface area contributed by atoms with Crippen molar-refractivity contribution in [3.05, 3.63) is 28.8 Å². The van der Waals surface area contributed by atoms with Crippen LogP contribution in [0.1, 0.15) is 24.9 Å². The molecule has 0 fully saturated rings. The number of amides is 1. The van der Waals surface area contributed by atoms with Crippen LogP contribution < -0.4 is 11.1 Å². The number of carbonyl (C=O) groups is 1. The lowest BCUT2D eigenvalue weighted by Crippen LogP contribution is -2.41. The highest BCUT2D eigenvalue weighted by Crippen LogP contribution is 2.37. The number of fused-ring (bicyclic) bond motifs is 1. The van der Waals surface area contributed by atoms with E-state index in [0.29, 0.717) is 5.02 Å². The lowest BCUT2D eigenvalue weighted by atomic mass is 10.0. The van der Waals surface area contributed by atoms with E-state index in [4.69, 9.17) is 17.3 Å². The summed E-state index contributed by atoms with van der Waals surface area (Å²) in [5.41, 5.74) is 6.66. The molecule has 0 saturated carbocycles. The van der Waals surface area contributed by atoms with E-state index >= 15 is 0 Å². The monoisotopic (exact) mass is 270 g/mol. The van der Waals surface area contributed by atoms with Gasteiger partial charge in [-0.25, -0.2) is 0 Å². The highest BCUT2D eigenvalue weighted by atomic mass is 35.5. The average molecular weight is 271 g/mol. The van der Waals surface area contributed by atoms with Crippen molar-refractivity contribution in [2.75, 3.05) is 5.75 Å². The van der Waals surface area contributed by atoms with Gasteiger partial charge in [0.05, 0.1) is 12.1 Å². The molecule has 2 atom stereocenters. The fourth-order valence-corrected chi connectivity index (χ4v) is 3.10. The Morgan fingerprint density at radius 2 is 2.41 bits per heavy atom. The molecule has 0 spiro atoms. The van der Waals surface area contributed by atoms with Gasteiger partial charge >= 0.3 is 0 Å². The van der Waals surface area contributed by atoms with Crippen molar-refractivity contribution in [2.45, 2.75) is 30.3 Å². The molecule has 3 nitrogen and oxygen atoms in total. The van der Waals surface area contributed by atoms with Gasteiger partial charge < -0.3 is 11.1 Å². The summed E-state index contributed by atoms with van der Waals surface area (Å²) in [6.45, 7) is 1.69. The minimum Gasteiger partial charge on any atom is -0.348 e. The summed E-state index contributed by atoms with van der Waals surface area (Å²) < 4.78 is 0. The van der Waals surface area contributed by atoms with Crippen LogP contribution in [-0.4, -0.2) is 17.7 Å². The molecular weight excluding hydrogens is 256 g/mol.